The molecule has 4 nitrogen and oxygen atoms in total. The SMILES string of the molecule is CCC/C=C/c1nc(NC2CCCC2)c2c(n1)SCCN2. The number of aromatic nitrogens is 2. The Morgan fingerprint density at radius 1 is 1.33 bits per heavy atom. The van der Waals surface area contributed by atoms with Gasteiger partial charge in [-0.2, -0.15) is 0 Å². The number of unbranched alkanes of at least 4 members (excludes halogenated alkanes) is 1. The first-order chi connectivity index (χ1) is 10.4. The molecule has 1 fully saturated rings. The van der Waals surface area contributed by atoms with Gasteiger partial charge in [-0.1, -0.05) is 32.3 Å². The molecule has 1 aromatic rings. The Hall–Kier alpha value is -1.23. The van der Waals surface area contributed by atoms with Crippen molar-refractivity contribution >= 4 is 29.3 Å². The molecule has 2 aliphatic rings. The van der Waals surface area contributed by atoms with Crippen LogP contribution in [0.1, 0.15) is 51.3 Å². The normalized spacial score (nSPS) is 18.7. The number of fused-ring (bicyclic) bond motifs is 1. The van der Waals surface area contributed by atoms with E-state index in [1.807, 2.05) is 11.8 Å². The number of nitrogens with one attached hydrogen (secondary N) is 2. The van der Waals surface area contributed by atoms with E-state index in [-0.39, 0.29) is 0 Å². The van der Waals surface area contributed by atoms with Crippen molar-refractivity contribution in [1.82, 2.24) is 9.97 Å². The van der Waals surface area contributed by atoms with Crippen LogP contribution in [0, 0.1) is 0 Å². The molecule has 1 aliphatic heterocycles. The van der Waals surface area contributed by atoms with Gasteiger partial charge in [-0.25, -0.2) is 9.97 Å². The smallest absolute Gasteiger partial charge is 0.155 e. The maximum absolute atomic E-state index is 4.74. The minimum atomic E-state index is 0.574. The fraction of sp³-hybridized carbons (Fsp3) is 0.625. The Kier molecular flexibility index (Phi) is 5.01. The lowest BCUT2D eigenvalue weighted by atomic mass is 10.2. The van der Waals surface area contributed by atoms with Crippen molar-refractivity contribution in [2.75, 3.05) is 22.9 Å². The van der Waals surface area contributed by atoms with Crippen molar-refractivity contribution in [3.05, 3.63) is 11.9 Å². The number of hydrogen-bond acceptors (Lipinski definition) is 5. The summed E-state index contributed by atoms with van der Waals surface area (Å²) in [5.41, 5.74) is 1.10. The number of anilines is 2. The van der Waals surface area contributed by atoms with Gasteiger partial charge in [0.15, 0.2) is 11.6 Å². The summed E-state index contributed by atoms with van der Waals surface area (Å²) in [5, 5.41) is 8.20. The predicted octanol–water partition coefficient (Wildman–Crippen LogP) is 4.16. The highest BCUT2D eigenvalue weighted by atomic mass is 32.2. The molecule has 0 saturated heterocycles. The highest BCUT2D eigenvalue weighted by Gasteiger charge is 2.21. The number of hydrogen-bond donors (Lipinski definition) is 2. The summed E-state index contributed by atoms with van der Waals surface area (Å²) >= 11 is 1.83. The lowest BCUT2D eigenvalue weighted by molar-refractivity contribution is 0.747. The summed E-state index contributed by atoms with van der Waals surface area (Å²) in [6.07, 6.45) is 11.6. The first-order valence-corrected chi connectivity index (χ1v) is 9.07. The molecule has 5 heteroatoms. The summed E-state index contributed by atoms with van der Waals surface area (Å²) in [6, 6.07) is 0.574. The van der Waals surface area contributed by atoms with Crippen LogP contribution in [0.3, 0.4) is 0 Å². The summed E-state index contributed by atoms with van der Waals surface area (Å²) in [4.78, 5) is 9.42. The van der Waals surface area contributed by atoms with Crippen molar-refractivity contribution in [2.45, 2.75) is 56.5 Å². The molecule has 114 valence electrons. The van der Waals surface area contributed by atoms with Crippen LogP contribution in [-0.4, -0.2) is 28.3 Å². The Labute approximate surface area is 131 Å². The zero-order chi connectivity index (χ0) is 14.5. The first-order valence-electron chi connectivity index (χ1n) is 8.08. The molecule has 1 aromatic heterocycles. The second-order valence-corrected chi connectivity index (χ2v) is 6.79. The second-order valence-electron chi connectivity index (χ2n) is 5.70. The highest BCUT2D eigenvalue weighted by Crippen LogP contribution is 2.35. The van der Waals surface area contributed by atoms with E-state index < -0.39 is 0 Å². The predicted molar refractivity (Wildman–Crippen MR) is 91.1 cm³/mol. The molecular formula is C16H24N4S. The zero-order valence-electron chi connectivity index (χ0n) is 12.7. The molecule has 1 saturated carbocycles. The third kappa shape index (κ3) is 3.70. The van der Waals surface area contributed by atoms with E-state index in [9.17, 15) is 0 Å². The molecule has 21 heavy (non-hydrogen) atoms. The molecule has 0 unspecified atom stereocenters. The van der Waals surface area contributed by atoms with E-state index in [0.29, 0.717) is 6.04 Å². The Balaban J connectivity index is 1.85. The van der Waals surface area contributed by atoms with E-state index >= 15 is 0 Å². The maximum Gasteiger partial charge on any atom is 0.155 e. The van der Waals surface area contributed by atoms with Gasteiger partial charge in [0.1, 0.15) is 10.7 Å². The van der Waals surface area contributed by atoms with Crippen molar-refractivity contribution in [3.63, 3.8) is 0 Å². The second kappa shape index (κ2) is 7.16. The average Bonchev–Trinajstić information content (AvgIpc) is 3.01. The molecule has 0 aromatic carbocycles. The molecule has 0 bridgehead atoms. The van der Waals surface area contributed by atoms with Gasteiger partial charge in [-0.3, -0.25) is 0 Å². The van der Waals surface area contributed by atoms with Gasteiger partial charge < -0.3 is 10.6 Å². The van der Waals surface area contributed by atoms with Crippen LogP contribution in [0.15, 0.2) is 11.1 Å². The maximum atomic E-state index is 4.74. The van der Waals surface area contributed by atoms with Gasteiger partial charge >= 0.3 is 0 Å². The van der Waals surface area contributed by atoms with Crippen LogP contribution in [0.2, 0.25) is 0 Å². The fourth-order valence-electron chi connectivity index (χ4n) is 2.84. The third-order valence-corrected chi connectivity index (χ3v) is 4.93. The van der Waals surface area contributed by atoms with Crippen LogP contribution >= 0.6 is 11.8 Å². The minimum absolute atomic E-state index is 0.574. The quantitative estimate of drug-likeness (QED) is 0.800. The molecule has 0 spiro atoms. The van der Waals surface area contributed by atoms with Crippen molar-refractivity contribution in [3.8, 4) is 0 Å². The number of thioether (sulfide) groups is 1. The monoisotopic (exact) mass is 304 g/mol. The lowest BCUT2D eigenvalue weighted by Crippen LogP contribution is -2.20. The highest BCUT2D eigenvalue weighted by molar-refractivity contribution is 7.99. The van der Waals surface area contributed by atoms with Crippen LogP contribution in [-0.2, 0) is 0 Å². The first kappa shape index (κ1) is 14.7. The summed E-state index contributed by atoms with van der Waals surface area (Å²) in [5.74, 6) is 2.90. The van der Waals surface area contributed by atoms with Gasteiger partial charge in [0.25, 0.3) is 0 Å². The number of allylic oxidation sites excluding steroid dienone is 1. The molecule has 1 aliphatic carbocycles. The average molecular weight is 304 g/mol. The van der Waals surface area contributed by atoms with Gasteiger partial charge in [0, 0.05) is 18.3 Å². The number of rotatable bonds is 5. The van der Waals surface area contributed by atoms with Crippen molar-refractivity contribution in [1.29, 1.82) is 0 Å². The van der Waals surface area contributed by atoms with Crippen LogP contribution < -0.4 is 10.6 Å². The van der Waals surface area contributed by atoms with Crippen LogP contribution in [0.5, 0.6) is 0 Å². The van der Waals surface area contributed by atoms with E-state index in [0.717, 1.165) is 47.5 Å². The lowest BCUT2D eigenvalue weighted by Gasteiger charge is -2.22. The summed E-state index contributed by atoms with van der Waals surface area (Å²) in [7, 11) is 0. The Morgan fingerprint density at radius 2 is 2.19 bits per heavy atom. The molecule has 3 rings (SSSR count). The molecular weight excluding hydrogens is 280 g/mol. The Morgan fingerprint density at radius 3 is 3.00 bits per heavy atom. The van der Waals surface area contributed by atoms with Gasteiger partial charge in [-0.05, 0) is 25.3 Å². The zero-order valence-corrected chi connectivity index (χ0v) is 13.5. The largest absolute Gasteiger partial charge is 0.379 e. The Bertz CT molecular complexity index is 509. The van der Waals surface area contributed by atoms with E-state index in [1.54, 1.807) is 0 Å². The van der Waals surface area contributed by atoms with Crippen LogP contribution in [0.25, 0.3) is 6.08 Å². The van der Waals surface area contributed by atoms with Crippen molar-refractivity contribution < 1.29 is 0 Å². The summed E-state index contributed by atoms with van der Waals surface area (Å²) < 4.78 is 0. The van der Waals surface area contributed by atoms with Gasteiger partial charge in [0.2, 0.25) is 0 Å². The molecule has 2 N–H and O–H groups in total. The van der Waals surface area contributed by atoms with E-state index in [2.05, 4.69) is 34.7 Å². The standard InChI is InChI=1S/C16H24N4S/c1-2-3-4-9-13-19-15(18-12-7-5-6-8-12)14-16(20-13)21-11-10-17-14/h4,9,12,17H,2-3,5-8,10-11H2,1H3,(H,18,19,20)/b9-4+. The van der Waals surface area contributed by atoms with Crippen molar-refractivity contribution in [2.24, 2.45) is 0 Å². The molecule has 0 amide bonds. The topological polar surface area (TPSA) is 49.8 Å². The van der Waals surface area contributed by atoms with Crippen LogP contribution in [0.4, 0.5) is 11.5 Å². The molecule has 2 heterocycles. The van der Waals surface area contributed by atoms with E-state index in [1.165, 1.54) is 25.7 Å². The minimum Gasteiger partial charge on any atom is -0.379 e. The van der Waals surface area contributed by atoms with Gasteiger partial charge in [-0.15, -0.1) is 11.8 Å². The number of nitrogens with zero attached hydrogens (tertiary/aromatic N) is 2. The third-order valence-electron chi connectivity index (χ3n) is 3.95. The summed E-state index contributed by atoms with van der Waals surface area (Å²) in [6.45, 7) is 3.18. The fourth-order valence-corrected chi connectivity index (χ4v) is 3.71. The van der Waals surface area contributed by atoms with Gasteiger partial charge in [0.05, 0.1) is 0 Å². The molecule has 0 radical (unpaired) electrons. The molecule has 0 atom stereocenters. The van der Waals surface area contributed by atoms with E-state index in [4.69, 9.17) is 4.98 Å².